The van der Waals surface area contributed by atoms with Gasteiger partial charge in [-0.3, -0.25) is 14.4 Å². The van der Waals surface area contributed by atoms with Crippen molar-refractivity contribution in [2.24, 2.45) is 17.8 Å². The molecule has 3 aliphatic rings. The van der Waals surface area contributed by atoms with Crippen LogP contribution in [0.1, 0.15) is 58.9 Å². The average molecular weight is 527 g/mol. The van der Waals surface area contributed by atoms with Crippen LogP contribution in [0.5, 0.6) is 0 Å². The standard InChI is InChI=1S/C30H42N2O6/c1-6-17-31(18-21-13-11-10-12-14-21)27(35)25-30-16-15-29(8-3,38-30)24(28(36)37-9-4)23(30)26(34)32(25)22(19-33)20(5)7-2/h6,10-14,20,22-25,33H,1,7-9,15-19H2,2-5H3/t20-,22-,23-,24+,25?,29-,30?/m0/s1. The molecule has 0 aliphatic carbocycles. The first-order valence-corrected chi connectivity index (χ1v) is 14.0. The van der Waals surface area contributed by atoms with Gasteiger partial charge in [0.15, 0.2) is 0 Å². The summed E-state index contributed by atoms with van der Waals surface area (Å²) >= 11 is 0. The Hall–Kier alpha value is -2.71. The van der Waals surface area contributed by atoms with E-state index in [0.29, 0.717) is 32.4 Å². The van der Waals surface area contributed by atoms with Crippen molar-refractivity contribution in [3.63, 3.8) is 0 Å². The van der Waals surface area contributed by atoms with Crippen molar-refractivity contribution in [2.45, 2.75) is 83.2 Å². The lowest BCUT2D eigenvalue weighted by Gasteiger charge is -2.41. The smallest absolute Gasteiger partial charge is 0.312 e. The number of carbonyl (C=O) groups excluding carboxylic acids is 3. The third kappa shape index (κ3) is 4.35. The van der Waals surface area contributed by atoms with Gasteiger partial charge in [0.05, 0.1) is 30.8 Å². The maximum Gasteiger partial charge on any atom is 0.312 e. The number of aliphatic hydroxyl groups is 1. The first-order valence-electron chi connectivity index (χ1n) is 14.0. The van der Waals surface area contributed by atoms with Crippen LogP contribution in [0.2, 0.25) is 0 Å². The molecule has 8 heteroatoms. The number of nitrogens with zero attached hydrogens (tertiary/aromatic N) is 2. The van der Waals surface area contributed by atoms with E-state index in [9.17, 15) is 19.5 Å². The van der Waals surface area contributed by atoms with Crippen LogP contribution in [0.25, 0.3) is 0 Å². The van der Waals surface area contributed by atoms with Gasteiger partial charge in [0.1, 0.15) is 17.6 Å². The van der Waals surface area contributed by atoms with Crippen LogP contribution in [-0.2, 0) is 30.4 Å². The van der Waals surface area contributed by atoms with Gasteiger partial charge >= 0.3 is 5.97 Å². The molecule has 0 aromatic heterocycles. The van der Waals surface area contributed by atoms with Crippen molar-refractivity contribution in [3.05, 3.63) is 48.6 Å². The second-order valence-electron chi connectivity index (χ2n) is 11.0. The molecule has 1 aromatic rings. The number of hydrogen-bond acceptors (Lipinski definition) is 6. The fraction of sp³-hybridized carbons (Fsp3) is 0.633. The van der Waals surface area contributed by atoms with E-state index in [-0.39, 0.29) is 30.9 Å². The van der Waals surface area contributed by atoms with E-state index in [4.69, 9.17) is 9.47 Å². The van der Waals surface area contributed by atoms with Crippen molar-refractivity contribution >= 4 is 17.8 Å². The molecule has 1 spiro atoms. The number of esters is 1. The number of likely N-dealkylation sites (tertiary alicyclic amines) is 1. The minimum atomic E-state index is -1.15. The van der Waals surface area contributed by atoms with E-state index in [2.05, 4.69) is 6.58 Å². The van der Waals surface area contributed by atoms with Crippen molar-refractivity contribution in [3.8, 4) is 0 Å². The zero-order valence-corrected chi connectivity index (χ0v) is 23.1. The largest absolute Gasteiger partial charge is 0.466 e. The van der Waals surface area contributed by atoms with Crippen LogP contribution in [0, 0.1) is 17.8 Å². The Morgan fingerprint density at radius 3 is 2.55 bits per heavy atom. The molecule has 3 saturated heterocycles. The summed E-state index contributed by atoms with van der Waals surface area (Å²) in [7, 11) is 0. The van der Waals surface area contributed by atoms with Crippen LogP contribution in [-0.4, -0.2) is 75.7 Å². The van der Waals surface area contributed by atoms with Crippen molar-refractivity contribution in [2.75, 3.05) is 19.8 Å². The maximum atomic E-state index is 14.6. The highest BCUT2D eigenvalue weighted by atomic mass is 16.6. The molecule has 3 aliphatic heterocycles. The number of amides is 2. The molecule has 3 fully saturated rings. The minimum Gasteiger partial charge on any atom is -0.466 e. The Morgan fingerprint density at radius 2 is 1.97 bits per heavy atom. The Balaban J connectivity index is 1.83. The van der Waals surface area contributed by atoms with Gasteiger partial charge in [0.2, 0.25) is 11.8 Å². The fourth-order valence-corrected chi connectivity index (χ4v) is 7.06. The van der Waals surface area contributed by atoms with Crippen LogP contribution in [0.15, 0.2) is 43.0 Å². The molecule has 8 nitrogen and oxygen atoms in total. The molecule has 1 N–H and O–H groups in total. The van der Waals surface area contributed by atoms with Gasteiger partial charge in [-0.25, -0.2) is 0 Å². The average Bonchev–Trinajstić information content (AvgIpc) is 3.53. The lowest BCUT2D eigenvalue weighted by molar-refractivity contribution is -0.164. The summed E-state index contributed by atoms with van der Waals surface area (Å²) in [6.45, 7) is 12.1. The second kappa shape index (κ2) is 11.2. The molecule has 208 valence electrons. The van der Waals surface area contributed by atoms with Crippen molar-refractivity contribution in [1.29, 1.82) is 0 Å². The highest BCUT2D eigenvalue weighted by molar-refractivity contribution is 5.98. The summed E-state index contributed by atoms with van der Waals surface area (Å²) in [5, 5.41) is 10.5. The van der Waals surface area contributed by atoms with Gasteiger partial charge in [0.25, 0.3) is 0 Å². The van der Waals surface area contributed by atoms with Crippen LogP contribution in [0.4, 0.5) is 0 Å². The summed E-state index contributed by atoms with van der Waals surface area (Å²) < 4.78 is 12.3. The lowest BCUT2D eigenvalue weighted by Crippen LogP contribution is -2.59. The molecule has 3 heterocycles. The Kier molecular flexibility index (Phi) is 8.33. The molecule has 4 rings (SSSR count). The number of benzene rings is 1. The molecule has 2 amide bonds. The second-order valence-corrected chi connectivity index (χ2v) is 11.0. The van der Waals surface area contributed by atoms with E-state index in [1.807, 2.05) is 51.1 Å². The Labute approximate surface area is 226 Å². The monoisotopic (exact) mass is 526 g/mol. The molecule has 7 atom stereocenters. The number of rotatable bonds is 12. The zero-order chi connectivity index (χ0) is 27.7. The van der Waals surface area contributed by atoms with Gasteiger partial charge in [0, 0.05) is 13.1 Å². The van der Waals surface area contributed by atoms with E-state index in [0.717, 1.165) is 12.0 Å². The number of aliphatic hydroxyl groups excluding tert-OH is 1. The van der Waals surface area contributed by atoms with Crippen molar-refractivity contribution < 1.29 is 29.0 Å². The van der Waals surface area contributed by atoms with E-state index < -0.39 is 41.1 Å². The molecule has 2 unspecified atom stereocenters. The molecule has 38 heavy (non-hydrogen) atoms. The normalized spacial score (nSPS) is 31.1. The maximum absolute atomic E-state index is 14.6. The molecule has 0 saturated carbocycles. The van der Waals surface area contributed by atoms with Crippen molar-refractivity contribution in [1.82, 2.24) is 9.80 Å². The van der Waals surface area contributed by atoms with E-state index >= 15 is 0 Å². The molecule has 2 bridgehead atoms. The third-order valence-corrected chi connectivity index (χ3v) is 9.12. The van der Waals surface area contributed by atoms with Crippen LogP contribution < -0.4 is 0 Å². The van der Waals surface area contributed by atoms with Gasteiger partial charge < -0.3 is 24.4 Å². The number of ether oxygens (including phenoxy) is 2. The minimum absolute atomic E-state index is 0.0603. The van der Waals surface area contributed by atoms with E-state index in [1.165, 1.54) is 0 Å². The summed E-state index contributed by atoms with van der Waals surface area (Å²) in [6, 6.07) is 8.15. The van der Waals surface area contributed by atoms with Gasteiger partial charge in [-0.2, -0.15) is 0 Å². The number of hydrogen-bond donors (Lipinski definition) is 1. The molecular formula is C30H42N2O6. The predicted octanol–water partition coefficient (Wildman–Crippen LogP) is 3.33. The SMILES string of the molecule is C=CCN(Cc1ccccc1)C(=O)C1N([C@@H](CO)[C@@H](C)CC)C(=O)[C@@H]2[C@H](C(=O)OCC)[C@]3(CC)CCC12O3. The van der Waals surface area contributed by atoms with Gasteiger partial charge in [-0.15, -0.1) is 6.58 Å². The first-order chi connectivity index (χ1) is 18.2. The lowest BCUT2D eigenvalue weighted by atomic mass is 9.65. The van der Waals surface area contributed by atoms with Gasteiger partial charge in [-0.1, -0.05) is 63.6 Å². The first kappa shape index (κ1) is 28.3. The quantitative estimate of drug-likeness (QED) is 0.332. The topological polar surface area (TPSA) is 96.4 Å². The number of fused-ring (bicyclic) bond motifs is 1. The fourth-order valence-electron chi connectivity index (χ4n) is 7.06. The number of carbonyl (C=O) groups is 3. The van der Waals surface area contributed by atoms with Crippen LogP contribution in [0.3, 0.4) is 0 Å². The van der Waals surface area contributed by atoms with E-state index in [1.54, 1.807) is 22.8 Å². The Morgan fingerprint density at radius 1 is 1.26 bits per heavy atom. The summed E-state index contributed by atoms with van der Waals surface area (Å²) in [5.74, 6) is -2.66. The predicted molar refractivity (Wildman–Crippen MR) is 143 cm³/mol. The molecular weight excluding hydrogens is 484 g/mol. The molecule has 0 radical (unpaired) electrons. The highest BCUT2D eigenvalue weighted by Gasteiger charge is 2.79. The Bertz CT molecular complexity index is 1050. The molecule has 1 aromatic carbocycles. The summed E-state index contributed by atoms with van der Waals surface area (Å²) in [6.07, 6.45) is 4.00. The summed E-state index contributed by atoms with van der Waals surface area (Å²) in [5.41, 5.74) is -1.04. The third-order valence-electron chi connectivity index (χ3n) is 9.12. The zero-order valence-electron chi connectivity index (χ0n) is 23.1. The van der Waals surface area contributed by atoms with Gasteiger partial charge in [-0.05, 0) is 37.7 Å². The highest BCUT2D eigenvalue weighted by Crippen LogP contribution is 2.65. The summed E-state index contributed by atoms with van der Waals surface area (Å²) in [4.78, 5) is 45.5. The van der Waals surface area contributed by atoms with Crippen LogP contribution >= 0.6 is 0 Å².